The van der Waals surface area contributed by atoms with Gasteiger partial charge in [0.2, 0.25) is 5.79 Å². The molecular formula is C63H72N8O7. The Bertz CT molecular complexity index is 3250. The first-order chi connectivity index (χ1) is 38.0. The minimum absolute atomic E-state index is 0.362. The molecule has 0 aliphatic carbocycles. The molecule has 0 saturated carbocycles. The number of hydrogen-bond donors (Lipinski definition) is 7. The lowest BCUT2D eigenvalue weighted by molar-refractivity contribution is 0.0980. The van der Waals surface area contributed by atoms with Gasteiger partial charge >= 0.3 is 0 Å². The number of nitrogens with one attached hydrogen (secondary N) is 7. The molecular weight excluding hydrogens is 981 g/mol. The van der Waals surface area contributed by atoms with Gasteiger partial charge in [0.05, 0.1) is 82.3 Å². The fourth-order valence-corrected chi connectivity index (χ4v) is 9.01. The maximum atomic E-state index is 6.95. The van der Waals surface area contributed by atoms with Crippen LogP contribution in [0.15, 0.2) is 164 Å². The highest BCUT2D eigenvalue weighted by Gasteiger charge is 2.45. The number of para-hydroxylation sites is 2. The molecule has 0 radical (unpaired) electrons. The van der Waals surface area contributed by atoms with Gasteiger partial charge in [-0.15, -0.1) is 5.12 Å². The first kappa shape index (κ1) is 55.3. The van der Waals surface area contributed by atoms with Gasteiger partial charge in [-0.3, -0.25) is 0 Å². The Hall–Kier alpha value is -8.92. The summed E-state index contributed by atoms with van der Waals surface area (Å²) >= 11 is 0. The SMILES string of the molecule is CCOc1ccc(NN(NCc2ccccc2)C(Nc2cccc(OCC)c2)(Nc2ccccc2OCC)c2cc(Nc3cc(C)ccc3OC)c(Nc3ccc(OC)cc3C)c(Nc3cc(OC)ccc3C)c2OC)cc1. The van der Waals surface area contributed by atoms with Crippen molar-refractivity contribution < 1.29 is 33.2 Å². The number of hydrogen-bond acceptors (Lipinski definition) is 15. The van der Waals surface area contributed by atoms with Crippen LogP contribution in [-0.4, -0.2) is 53.4 Å². The minimum atomic E-state index is -1.65. The Labute approximate surface area is 459 Å². The summed E-state index contributed by atoms with van der Waals surface area (Å²) in [5.41, 5.74) is 18.4. The van der Waals surface area contributed by atoms with Crippen LogP contribution in [0.2, 0.25) is 0 Å². The number of nitrogens with zero attached hydrogens (tertiary/aromatic N) is 1. The van der Waals surface area contributed by atoms with Crippen molar-refractivity contribution in [1.82, 2.24) is 10.5 Å². The Kier molecular flexibility index (Phi) is 18.6. The molecule has 78 heavy (non-hydrogen) atoms. The third-order valence-corrected chi connectivity index (χ3v) is 12.9. The van der Waals surface area contributed by atoms with Gasteiger partial charge in [-0.25, -0.2) is 5.43 Å². The summed E-state index contributed by atoms with van der Waals surface area (Å²) in [7, 11) is 6.67. The molecule has 406 valence electrons. The topological polar surface area (TPSA) is 152 Å². The fourth-order valence-electron chi connectivity index (χ4n) is 9.01. The molecule has 8 aromatic carbocycles. The highest BCUT2D eigenvalue weighted by molar-refractivity contribution is 5.96. The number of ether oxygens (including phenoxy) is 7. The van der Waals surface area contributed by atoms with Crippen LogP contribution in [0.25, 0.3) is 0 Å². The van der Waals surface area contributed by atoms with Crippen LogP contribution in [0.1, 0.15) is 48.6 Å². The van der Waals surface area contributed by atoms with Crippen molar-refractivity contribution in [3.8, 4) is 40.2 Å². The van der Waals surface area contributed by atoms with E-state index in [-0.39, 0.29) is 0 Å². The maximum Gasteiger partial charge on any atom is 0.228 e. The summed E-state index contributed by atoms with van der Waals surface area (Å²) in [5.74, 6) is 2.81. The molecule has 8 rings (SSSR count). The summed E-state index contributed by atoms with van der Waals surface area (Å²) in [6, 6.07) is 53.8. The van der Waals surface area contributed by atoms with E-state index in [0.29, 0.717) is 89.1 Å². The molecule has 0 amide bonds. The second kappa shape index (κ2) is 26.2. The molecule has 8 aromatic rings. The molecule has 15 nitrogen and oxygen atoms in total. The fraction of sp³-hybridized carbons (Fsp3) is 0.238. The molecule has 0 saturated heterocycles. The predicted molar refractivity (Wildman–Crippen MR) is 317 cm³/mol. The zero-order valence-corrected chi connectivity index (χ0v) is 46.2. The lowest BCUT2D eigenvalue weighted by Gasteiger charge is -2.47. The second-order valence-electron chi connectivity index (χ2n) is 18.3. The van der Waals surface area contributed by atoms with Crippen molar-refractivity contribution in [2.75, 3.05) is 80.3 Å². The normalized spacial score (nSPS) is 11.7. The van der Waals surface area contributed by atoms with Crippen LogP contribution in [0.4, 0.5) is 51.2 Å². The molecule has 1 atom stereocenters. The average Bonchev–Trinajstić information content (AvgIpc) is 3.53. The van der Waals surface area contributed by atoms with Crippen molar-refractivity contribution in [1.29, 1.82) is 0 Å². The molecule has 0 aromatic heterocycles. The monoisotopic (exact) mass is 1050 g/mol. The van der Waals surface area contributed by atoms with Gasteiger partial charge in [-0.1, -0.05) is 60.7 Å². The second-order valence-corrected chi connectivity index (χ2v) is 18.3. The van der Waals surface area contributed by atoms with Crippen LogP contribution in [0.5, 0.6) is 40.2 Å². The number of anilines is 9. The van der Waals surface area contributed by atoms with Crippen molar-refractivity contribution in [2.24, 2.45) is 0 Å². The van der Waals surface area contributed by atoms with Gasteiger partial charge in [-0.2, -0.15) is 0 Å². The van der Waals surface area contributed by atoms with Crippen molar-refractivity contribution in [3.63, 3.8) is 0 Å². The maximum absolute atomic E-state index is 6.95. The molecule has 1 unspecified atom stereocenters. The van der Waals surface area contributed by atoms with Gasteiger partial charge in [0, 0.05) is 35.7 Å². The van der Waals surface area contributed by atoms with Crippen molar-refractivity contribution in [3.05, 3.63) is 192 Å². The molecule has 0 aliphatic heterocycles. The van der Waals surface area contributed by atoms with Gasteiger partial charge < -0.3 is 65.2 Å². The molecule has 0 fully saturated rings. The van der Waals surface area contributed by atoms with Gasteiger partial charge in [0.15, 0.2) is 5.75 Å². The van der Waals surface area contributed by atoms with Crippen LogP contribution >= 0.6 is 0 Å². The summed E-state index contributed by atoms with van der Waals surface area (Å²) in [5, 5.41) is 21.6. The number of rotatable bonds is 27. The third-order valence-electron chi connectivity index (χ3n) is 12.9. The van der Waals surface area contributed by atoms with Gasteiger partial charge in [0.1, 0.15) is 40.2 Å². The smallest absolute Gasteiger partial charge is 0.228 e. The number of benzene rings is 8. The first-order valence-electron chi connectivity index (χ1n) is 26.1. The molecule has 7 N–H and O–H groups in total. The Morgan fingerprint density at radius 1 is 0.436 bits per heavy atom. The zero-order valence-electron chi connectivity index (χ0n) is 46.2. The van der Waals surface area contributed by atoms with Crippen molar-refractivity contribution >= 4 is 51.2 Å². The van der Waals surface area contributed by atoms with Crippen LogP contribution in [-0.2, 0) is 12.3 Å². The van der Waals surface area contributed by atoms with E-state index in [2.05, 4.69) is 75.5 Å². The lowest BCUT2D eigenvalue weighted by Crippen LogP contribution is -2.64. The van der Waals surface area contributed by atoms with E-state index in [0.717, 1.165) is 56.5 Å². The number of methoxy groups -OCH3 is 4. The third kappa shape index (κ3) is 13.2. The molecule has 0 heterocycles. The van der Waals surface area contributed by atoms with E-state index in [1.165, 1.54) is 0 Å². The summed E-state index contributed by atoms with van der Waals surface area (Å²) < 4.78 is 43.1. The quantitative estimate of drug-likeness (QED) is 0.0193. The van der Waals surface area contributed by atoms with Crippen molar-refractivity contribution in [2.45, 2.75) is 53.9 Å². The van der Waals surface area contributed by atoms with Gasteiger partial charge in [-0.05, 0) is 155 Å². The average molecular weight is 1050 g/mol. The van der Waals surface area contributed by atoms with E-state index in [4.69, 9.17) is 33.2 Å². The Balaban J connectivity index is 1.55. The zero-order chi connectivity index (χ0) is 55.0. The standard InChI is InChI=1S/C63H72N8O7/c1-11-76-48-31-28-46(29-32-48)70-71(64-41-45-20-15-14-16-21-45)63(68-47-22-19-23-51(38-47)77-12-2,69-54-24-17-18-25-59(54)78-13-3)52-40-57(65-56-36-42(4)26-35-58(56)74-9)60(66-53-34-33-49(72-7)37-44(53)6)61(62(52)75-10)67-55-39-50(73-8)30-27-43(55)5/h14-40,64-70H,11-13,41H2,1-10H3. The van der Waals surface area contributed by atoms with E-state index in [1.807, 2.05) is 172 Å². The molecule has 0 spiro atoms. The first-order valence-corrected chi connectivity index (χ1v) is 26.1. The van der Waals surface area contributed by atoms with E-state index in [1.54, 1.807) is 28.4 Å². The number of aryl methyl sites for hydroxylation is 3. The molecule has 0 aliphatic rings. The predicted octanol–water partition coefficient (Wildman–Crippen LogP) is 14.4. The van der Waals surface area contributed by atoms with Gasteiger partial charge in [0.25, 0.3) is 0 Å². The molecule has 0 bridgehead atoms. The lowest BCUT2D eigenvalue weighted by atomic mass is 9.98. The van der Waals surface area contributed by atoms with Crippen LogP contribution < -0.4 is 70.6 Å². The highest BCUT2D eigenvalue weighted by atomic mass is 16.5. The van der Waals surface area contributed by atoms with E-state index in [9.17, 15) is 0 Å². The summed E-state index contributed by atoms with van der Waals surface area (Å²) in [6.45, 7) is 13.8. The Morgan fingerprint density at radius 3 is 1.85 bits per heavy atom. The van der Waals surface area contributed by atoms with E-state index < -0.39 is 5.79 Å². The highest BCUT2D eigenvalue weighted by Crippen LogP contribution is 2.52. The largest absolute Gasteiger partial charge is 0.497 e. The van der Waals surface area contributed by atoms with Crippen LogP contribution in [0, 0.1) is 20.8 Å². The number of hydrazine groups is 2. The molecule has 15 heteroatoms. The minimum Gasteiger partial charge on any atom is -0.497 e. The summed E-state index contributed by atoms with van der Waals surface area (Å²) in [6.07, 6.45) is 0. The summed E-state index contributed by atoms with van der Waals surface area (Å²) in [4.78, 5) is 0. The Morgan fingerprint density at radius 2 is 1.13 bits per heavy atom. The van der Waals surface area contributed by atoms with Crippen LogP contribution in [0.3, 0.4) is 0 Å². The van der Waals surface area contributed by atoms with E-state index >= 15 is 0 Å².